The smallest absolute Gasteiger partial charge is 0.335 e. The SMILES string of the molecule is CC(C)C1(Oc2cc(C(=O)O)ccc2F)CCCCC1. The van der Waals surface area contributed by atoms with E-state index in [4.69, 9.17) is 9.84 Å². The molecule has 1 fully saturated rings. The van der Waals surface area contributed by atoms with Gasteiger partial charge in [0.15, 0.2) is 11.6 Å². The van der Waals surface area contributed by atoms with E-state index in [0.29, 0.717) is 0 Å². The van der Waals surface area contributed by atoms with Gasteiger partial charge in [-0.15, -0.1) is 0 Å². The minimum Gasteiger partial charge on any atom is -0.484 e. The number of hydrogen-bond donors (Lipinski definition) is 1. The van der Waals surface area contributed by atoms with Gasteiger partial charge in [0, 0.05) is 0 Å². The number of carbonyl (C=O) groups is 1. The van der Waals surface area contributed by atoms with Gasteiger partial charge >= 0.3 is 5.97 Å². The molecule has 0 unspecified atom stereocenters. The average molecular weight is 280 g/mol. The number of halogens is 1. The molecular weight excluding hydrogens is 259 g/mol. The predicted octanol–water partition coefficient (Wildman–Crippen LogP) is 4.26. The van der Waals surface area contributed by atoms with E-state index < -0.39 is 11.8 Å². The predicted molar refractivity (Wildman–Crippen MR) is 74.6 cm³/mol. The van der Waals surface area contributed by atoms with Gasteiger partial charge in [0.1, 0.15) is 5.60 Å². The van der Waals surface area contributed by atoms with Crippen LogP contribution in [0.4, 0.5) is 4.39 Å². The van der Waals surface area contributed by atoms with Gasteiger partial charge in [0.25, 0.3) is 0 Å². The summed E-state index contributed by atoms with van der Waals surface area (Å²) in [5.74, 6) is -1.26. The first kappa shape index (κ1) is 14.8. The lowest BCUT2D eigenvalue weighted by atomic mass is 9.77. The maximum absolute atomic E-state index is 13.9. The van der Waals surface area contributed by atoms with Gasteiger partial charge in [-0.25, -0.2) is 9.18 Å². The third-order valence-electron chi connectivity index (χ3n) is 4.24. The third kappa shape index (κ3) is 2.94. The normalized spacial score (nSPS) is 18.0. The zero-order chi connectivity index (χ0) is 14.8. The molecule has 4 heteroatoms. The number of hydrogen-bond acceptors (Lipinski definition) is 2. The van der Waals surface area contributed by atoms with Crippen molar-refractivity contribution in [2.45, 2.75) is 51.6 Å². The van der Waals surface area contributed by atoms with Crippen LogP contribution in [-0.2, 0) is 0 Å². The zero-order valence-corrected chi connectivity index (χ0v) is 12.0. The molecule has 1 aromatic carbocycles. The largest absolute Gasteiger partial charge is 0.484 e. The summed E-state index contributed by atoms with van der Waals surface area (Å²) in [6, 6.07) is 3.71. The van der Waals surface area contributed by atoms with Crippen molar-refractivity contribution in [3.63, 3.8) is 0 Å². The first-order valence-electron chi connectivity index (χ1n) is 7.16. The van der Waals surface area contributed by atoms with Crippen molar-refractivity contribution in [1.82, 2.24) is 0 Å². The van der Waals surface area contributed by atoms with E-state index >= 15 is 0 Å². The van der Waals surface area contributed by atoms with Crippen LogP contribution in [0.5, 0.6) is 5.75 Å². The van der Waals surface area contributed by atoms with Gasteiger partial charge < -0.3 is 9.84 Å². The second-order valence-electron chi connectivity index (χ2n) is 5.83. The molecule has 1 saturated carbocycles. The van der Waals surface area contributed by atoms with Crippen LogP contribution in [0.3, 0.4) is 0 Å². The number of carboxylic acid groups (broad SMARTS) is 1. The van der Waals surface area contributed by atoms with Crippen LogP contribution in [0, 0.1) is 11.7 Å². The molecule has 2 rings (SSSR count). The molecule has 0 bridgehead atoms. The molecule has 20 heavy (non-hydrogen) atoms. The van der Waals surface area contributed by atoms with Crippen LogP contribution in [0.1, 0.15) is 56.3 Å². The van der Waals surface area contributed by atoms with Crippen molar-refractivity contribution >= 4 is 5.97 Å². The number of carboxylic acids is 1. The molecule has 0 atom stereocenters. The summed E-state index contributed by atoms with van der Waals surface area (Å²) in [6.07, 6.45) is 5.09. The molecule has 0 amide bonds. The molecule has 0 heterocycles. The van der Waals surface area contributed by atoms with Gasteiger partial charge in [-0.05, 0) is 49.8 Å². The molecule has 0 aliphatic heterocycles. The monoisotopic (exact) mass is 280 g/mol. The Bertz CT molecular complexity index is 490. The zero-order valence-electron chi connectivity index (χ0n) is 12.0. The van der Waals surface area contributed by atoms with Crippen LogP contribution >= 0.6 is 0 Å². The minimum absolute atomic E-state index is 0.0520. The van der Waals surface area contributed by atoms with Crippen molar-refractivity contribution < 1.29 is 19.0 Å². The van der Waals surface area contributed by atoms with Crippen molar-refractivity contribution in [3.05, 3.63) is 29.6 Å². The Hall–Kier alpha value is -1.58. The lowest BCUT2D eigenvalue weighted by molar-refractivity contribution is -0.0149. The van der Waals surface area contributed by atoms with Crippen molar-refractivity contribution in [2.24, 2.45) is 5.92 Å². The summed E-state index contributed by atoms with van der Waals surface area (Å²) in [4.78, 5) is 11.0. The number of ether oxygens (including phenoxy) is 1. The van der Waals surface area contributed by atoms with Crippen molar-refractivity contribution in [3.8, 4) is 5.75 Å². The average Bonchev–Trinajstić information content (AvgIpc) is 2.42. The van der Waals surface area contributed by atoms with Crippen LogP contribution in [0.15, 0.2) is 18.2 Å². The molecule has 1 aliphatic rings. The molecule has 0 spiro atoms. The highest BCUT2D eigenvalue weighted by Crippen LogP contribution is 2.39. The summed E-state index contributed by atoms with van der Waals surface area (Å²) in [7, 11) is 0. The number of benzene rings is 1. The van der Waals surface area contributed by atoms with Gasteiger partial charge in [-0.1, -0.05) is 20.3 Å². The first-order valence-corrected chi connectivity index (χ1v) is 7.16. The molecule has 1 aromatic rings. The highest BCUT2D eigenvalue weighted by Gasteiger charge is 2.38. The topological polar surface area (TPSA) is 46.5 Å². The van der Waals surface area contributed by atoms with E-state index in [1.54, 1.807) is 0 Å². The Balaban J connectivity index is 2.30. The maximum Gasteiger partial charge on any atom is 0.335 e. The Kier molecular flexibility index (Phi) is 4.31. The van der Waals surface area contributed by atoms with E-state index in [0.717, 1.165) is 31.7 Å². The van der Waals surface area contributed by atoms with Crippen LogP contribution in [0.25, 0.3) is 0 Å². The fraction of sp³-hybridized carbons (Fsp3) is 0.562. The van der Waals surface area contributed by atoms with Gasteiger partial charge in [-0.3, -0.25) is 0 Å². The summed E-state index contributed by atoms with van der Waals surface area (Å²) in [5, 5.41) is 9.00. The number of rotatable bonds is 4. The number of aromatic carboxylic acids is 1. The first-order chi connectivity index (χ1) is 9.44. The Labute approximate surface area is 118 Å². The lowest BCUT2D eigenvalue weighted by Gasteiger charge is -2.41. The molecule has 3 nitrogen and oxygen atoms in total. The van der Waals surface area contributed by atoms with Gasteiger partial charge in [-0.2, -0.15) is 0 Å². The molecule has 0 saturated heterocycles. The highest BCUT2D eigenvalue weighted by molar-refractivity contribution is 5.88. The van der Waals surface area contributed by atoms with Crippen LogP contribution in [0.2, 0.25) is 0 Å². The van der Waals surface area contributed by atoms with E-state index in [2.05, 4.69) is 13.8 Å². The van der Waals surface area contributed by atoms with E-state index in [9.17, 15) is 9.18 Å². The molecule has 1 N–H and O–H groups in total. The maximum atomic E-state index is 13.9. The van der Waals surface area contributed by atoms with E-state index in [1.807, 2.05) is 0 Å². The minimum atomic E-state index is -1.07. The molecule has 110 valence electrons. The van der Waals surface area contributed by atoms with E-state index in [1.165, 1.54) is 18.6 Å². The standard InChI is InChI=1S/C16H21FO3/c1-11(2)16(8-4-3-5-9-16)20-14-10-12(15(18)19)6-7-13(14)17/h6-7,10-11H,3-5,8-9H2,1-2H3,(H,18,19). The molecule has 0 radical (unpaired) electrons. The van der Waals surface area contributed by atoms with Gasteiger partial charge in [0.2, 0.25) is 0 Å². The fourth-order valence-electron chi connectivity index (χ4n) is 2.88. The lowest BCUT2D eigenvalue weighted by Crippen LogP contribution is -2.43. The second kappa shape index (κ2) is 5.81. The third-order valence-corrected chi connectivity index (χ3v) is 4.24. The summed E-state index contributed by atoms with van der Waals surface area (Å²) in [5.41, 5.74) is -0.327. The fourth-order valence-corrected chi connectivity index (χ4v) is 2.88. The van der Waals surface area contributed by atoms with Crippen LogP contribution in [-0.4, -0.2) is 16.7 Å². The Morgan fingerprint density at radius 3 is 2.50 bits per heavy atom. The quantitative estimate of drug-likeness (QED) is 0.896. The molecular formula is C16H21FO3. The summed E-state index contributed by atoms with van der Waals surface area (Å²) >= 11 is 0. The Morgan fingerprint density at radius 1 is 1.30 bits per heavy atom. The summed E-state index contributed by atoms with van der Waals surface area (Å²) in [6.45, 7) is 4.15. The summed E-state index contributed by atoms with van der Waals surface area (Å²) < 4.78 is 19.9. The van der Waals surface area contributed by atoms with Crippen molar-refractivity contribution in [2.75, 3.05) is 0 Å². The highest BCUT2D eigenvalue weighted by atomic mass is 19.1. The second-order valence-corrected chi connectivity index (χ2v) is 5.83. The molecule has 0 aromatic heterocycles. The van der Waals surface area contributed by atoms with Crippen LogP contribution < -0.4 is 4.74 Å². The van der Waals surface area contributed by atoms with Crippen molar-refractivity contribution in [1.29, 1.82) is 0 Å². The van der Waals surface area contributed by atoms with Gasteiger partial charge in [0.05, 0.1) is 5.56 Å². The van der Waals surface area contributed by atoms with E-state index in [-0.39, 0.29) is 22.8 Å². The Morgan fingerprint density at radius 2 is 1.95 bits per heavy atom. The molecule has 1 aliphatic carbocycles.